The average Bonchev–Trinajstić information content (AvgIpc) is 3.12. The Labute approximate surface area is 196 Å². The van der Waals surface area contributed by atoms with Crippen molar-refractivity contribution in [2.24, 2.45) is 0 Å². The molecule has 0 spiro atoms. The normalized spacial score (nSPS) is 14.2. The van der Waals surface area contributed by atoms with Crippen molar-refractivity contribution in [2.75, 3.05) is 36.0 Å². The Hall–Kier alpha value is -3.66. The lowest BCUT2D eigenvalue weighted by Gasteiger charge is -2.23. The highest BCUT2D eigenvalue weighted by Gasteiger charge is 2.17. The van der Waals surface area contributed by atoms with E-state index in [0.717, 1.165) is 44.2 Å². The minimum Gasteiger partial charge on any atom is -0.355 e. The molecule has 1 aliphatic rings. The van der Waals surface area contributed by atoms with Gasteiger partial charge in [-0.25, -0.2) is 9.97 Å². The SMILES string of the molecule is Cc1ccccc1-c1ccc(N2CCCN(c3ccc(-c4ccccc4C)cn3)CC2)nc1. The second kappa shape index (κ2) is 9.45. The monoisotopic (exact) mass is 434 g/mol. The first kappa shape index (κ1) is 21.2. The molecule has 0 unspecified atom stereocenters. The molecule has 0 aliphatic carbocycles. The Morgan fingerprint density at radius 3 is 1.39 bits per heavy atom. The zero-order valence-electron chi connectivity index (χ0n) is 19.4. The Morgan fingerprint density at radius 1 is 0.545 bits per heavy atom. The molecule has 166 valence electrons. The van der Waals surface area contributed by atoms with Gasteiger partial charge in [0.15, 0.2) is 0 Å². The topological polar surface area (TPSA) is 32.3 Å². The van der Waals surface area contributed by atoms with E-state index >= 15 is 0 Å². The first-order valence-electron chi connectivity index (χ1n) is 11.7. The molecule has 1 aliphatic heterocycles. The van der Waals surface area contributed by atoms with Gasteiger partial charge >= 0.3 is 0 Å². The second-order valence-corrected chi connectivity index (χ2v) is 8.77. The fourth-order valence-electron chi connectivity index (χ4n) is 4.63. The van der Waals surface area contributed by atoms with Crippen LogP contribution >= 0.6 is 0 Å². The van der Waals surface area contributed by atoms with Gasteiger partial charge in [0, 0.05) is 49.7 Å². The Kier molecular flexibility index (Phi) is 6.07. The summed E-state index contributed by atoms with van der Waals surface area (Å²) in [6.07, 6.45) is 5.10. The van der Waals surface area contributed by atoms with Gasteiger partial charge in [-0.15, -0.1) is 0 Å². The van der Waals surface area contributed by atoms with Crippen LogP contribution in [0.4, 0.5) is 11.6 Å². The molecule has 0 atom stereocenters. The van der Waals surface area contributed by atoms with E-state index in [1.807, 2.05) is 12.4 Å². The van der Waals surface area contributed by atoms with Crippen molar-refractivity contribution < 1.29 is 0 Å². The molecule has 2 aromatic heterocycles. The van der Waals surface area contributed by atoms with Crippen LogP contribution in [0.2, 0.25) is 0 Å². The number of aryl methyl sites for hydroxylation is 2. The van der Waals surface area contributed by atoms with Crippen LogP contribution < -0.4 is 9.80 Å². The standard InChI is InChI=1S/C29H30N4/c1-22-8-3-5-10-26(22)24-12-14-28(30-20-24)32-16-7-17-33(19-18-32)29-15-13-25(21-31-29)27-11-6-4-9-23(27)2/h3-6,8-15,20-21H,7,16-19H2,1-2H3. The maximum atomic E-state index is 4.80. The van der Waals surface area contributed by atoms with E-state index in [4.69, 9.17) is 9.97 Å². The molecule has 5 rings (SSSR count). The molecule has 0 bridgehead atoms. The molecule has 0 N–H and O–H groups in total. The summed E-state index contributed by atoms with van der Waals surface area (Å²) >= 11 is 0. The van der Waals surface area contributed by atoms with Crippen molar-refractivity contribution in [3.05, 3.63) is 96.3 Å². The highest BCUT2D eigenvalue weighted by molar-refractivity contribution is 5.68. The number of hydrogen-bond donors (Lipinski definition) is 0. The zero-order chi connectivity index (χ0) is 22.6. The van der Waals surface area contributed by atoms with Gasteiger partial charge in [0.05, 0.1) is 0 Å². The molecule has 1 fully saturated rings. The predicted octanol–water partition coefficient (Wildman–Crippen LogP) is 6.14. The summed E-state index contributed by atoms with van der Waals surface area (Å²) in [5, 5.41) is 0. The molecule has 0 amide bonds. The van der Waals surface area contributed by atoms with Crippen LogP contribution in [0.25, 0.3) is 22.3 Å². The quantitative estimate of drug-likeness (QED) is 0.386. The van der Waals surface area contributed by atoms with Crippen LogP contribution in [-0.2, 0) is 0 Å². The van der Waals surface area contributed by atoms with Crippen LogP contribution in [0.1, 0.15) is 17.5 Å². The number of anilines is 2. The number of aromatic nitrogens is 2. The molecular formula is C29H30N4. The van der Waals surface area contributed by atoms with E-state index in [9.17, 15) is 0 Å². The lowest BCUT2D eigenvalue weighted by atomic mass is 10.0. The Balaban J connectivity index is 1.26. The Morgan fingerprint density at radius 2 is 1.00 bits per heavy atom. The molecule has 2 aromatic carbocycles. The highest BCUT2D eigenvalue weighted by atomic mass is 15.3. The fourth-order valence-corrected chi connectivity index (χ4v) is 4.63. The second-order valence-electron chi connectivity index (χ2n) is 8.77. The summed E-state index contributed by atoms with van der Waals surface area (Å²) in [4.78, 5) is 14.4. The number of hydrogen-bond acceptors (Lipinski definition) is 4. The number of rotatable bonds is 4. The van der Waals surface area contributed by atoms with Crippen LogP contribution in [0.15, 0.2) is 85.2 Å². The first-order valence-corrected chi connectivity index (χ1v) is 11.7. The third-order valence-electron chi connectivity index (χ3n) is 6.55. The highest BCUT2D eigenvalue weighted by Crippen LogP contribution is 2.26. The lowest BCUT2D eigenvalue weighted by Crippen LogP contribution is -2.31. The van der Waals surface area contributed by atoms with Gasteiger partial charge < -0.3 is 9.80 Å². The predicted molar refractivity (Wildman–Crippen MR) is 138 cm³/mol. The molecule has 0 radical (unpaired) electrons. The van der Waals surface area contributed by atoms with Gasteiger partial charge in [-0.05, 0) is 66.8 Å². The van der Waals surface area contributed by atoms with E-state index in [2.05, 4.69) is 96.4 Å². The smallest absolute Gasteiger partial charge is 0.128 e. The number of benzene rings is 2. The maximum Gasteiger partial charge on any atom is 0.128 e. The molecular weight excluding hydrogens is 404 g/mol. The van der Waals surface area contributed by atoms with Crippen LogP contribution in [0.5, 0.6) is 0 Å². The summed E-state index contributed by atoms with van der Waals surface area (Å²) in [6.45, 7) is 8.20. The average molecular weight is 435 g/mol. The van der Waals surface area contributed by atoms with Crippen LogP contribution in [0.3, 0.4) is 0 Å². The van der Waals surface area contributed by atoms with Crippen molar-refractivity contribution in [2.45, 2.75) is 20.3 Å². The van der Waals surface area contributed by atoms with Gasteiger partial charge in [0.25, 0.3) is 0 Å². The summed E-state index contributed by atoms with van der Waals surface area (Å²) in [5.74, 6) is 2.11. The molecule has 4 aromatic rings. The molecule has 4 nitrogen and oxygen atoms in total. The molecule has 4 heteroatoms. The molecule has 1 saturated heterocycles. The van der Waals surface area contributed by atoms with Gasteiger partial charge in [0.1, 0.15) is 11.6 Å². The minimum atomic E-state index is 0.942. The third kappa shape index (κ3) is 4.61. The van der Waals surface area contributed by atoms with Crippen molar-refractivity contribution in [3.63, 3.8) is 0 Å². The largest absolute Gasteiger partial charge is 0.355 e. The van der Waals surface area contributed by atoms with E-state index in [1.54, 1.807) is 0 Å². The molecule has 33 heavy (non-hydrogen) atoms. The van der Waals surface area contributed by atoms with Crippen molar-refractivity contribution >= 4 is 11.6 Å². The van der Waals surface area contributed by atoms with Crippen LogP contribution in [0, 0.1) is 13.8 Å². The van der Waals surface area contributed by atoms with Crippen molar-refractivity contribution in [1.29, 1.82) is 0 Å². The number of nitrogens with zero attached hydrogens (tertiary/aromatic N) is 4. The van der Waals surface area contributed by atoms with Gasteiger partial charge in [-0.2, -0.15) is 0 Å². The lowest BCUT2D eigenvalue weighted by molar-refractivity contribution is 0.794. The van der Waals surface area contributed by atoms with E-state index in [-0.39, 0.29) is 0 Å². The van der Waals surface area contributed by atoms with Gasteiger partial charge in [-0.3, -0.25) is 0 Å². The fraction of sp³-hybridized carbons (Fsp3) is 0.241. The van der Waals surface area contributed by atoms with E-state index in [1.165, 1.54) is 33.4 Å². The van der Waals surface area contributed by atoms with Crippen molar-refractivity contribution in [3.8, 4) is 22.3 Å². The third-order valence-corrected chi connectivity index (χ3v) is 6.55. The van der Waals surface area contributed by atoms with Crippen molar-refractivity contribution in [1.82, 2.24) is 9.97 Å². The van der Waals surface area contributed by atoms with Gasteiger partial charge in [-0.1, -0.05) is 48.5 Å². The summed E-state index contributed by atoms with van der Waals surface area (Å²) in [7, 11) is 0. The van der Waals surface area contributed by atoms with E-state index < -0.39 is 0 Å². The van der Waals surface area contributed by atoms with Gasteiger partial charge in [0.2, 0.25) is 0 Å². The first-order chi connectivity index (χ1) is 16.2. The number of pyridine rings is 2. The summed E-state index contributed by atoms with van der Waals surface area (Å²) < 4.78 is 0. The maximum absolute atomic E-state index is 4.80. The minimum absolute atomic E-state index is 0.942. The van der Waals surface area contributed by atoms with E-state index in [0.29, 0.717) is 0 Å². The summed E-state index contributed by atoms with van der Waals surface area (Å²) in [6, 6.07) is 25.6. The molecule has 3 heterocycles. The molecule has 0 saturated carbocycles. The summed E-state index contributed by atoms with van der Waals surface area (Å²) in [5.41, 5.74) is 7.40. The zero-order valence-corrected chi connectivity index (χ0v) is 19.4. The van der Waals surface area contributed by atoms with Crippen LogP contribution in [-0.4, -0.2) is 36.1 Å². The Bertz CT molecular complexity index is 1120.